The average Bonchev–Trinajstić information content (AvgIpc) is 3.20. The smallest absolute Gasteiger partial charge is 0.255 e. The third-order valence-electron chi connectivity index (χ3n) is 5.16. The molecule has 0 unspecified atom stereocenters. The molecule has 1 amide bonds. The number of hydrogen-bond acceptors (Lipinski definition) is 4. The minimum absolute atomic E-state index is 0. The molecule has 0 saturated carbocycles. The number of piperazine rings is 1. The van der Waals surface area contributed by atoms with Gasteiger partial charge in [-0.2, -0.15) is 5.10 Å². The predicted molar refractivity (Wildman–Crippen MR) is 122 cm³/mol. The van der Waals surface area contributed by atoms with Crippen LogP contribution in [0.3, 0.4) is 0 Å². The first-order valence-corrected chi connectivity index (χ1v) is 10.2. The number of nitrogens with one attached hydrogen (secondary N) is 2. The summed E-state index contributed by atoms with van der Waals surface area (Å²) < 4.78 is 1.85. The zero-order valence-corrected chi connectivity index (χ0v) is 17.8. The summed E-state index contributed by atoms with van der Waals surface area (Å²) >= 11 is 0. The van der Waals surface area contributed by atoms with Crippen LogP contribution < -0.4 is 10.6 Å². The van der Waals surface area contributed by atoms with Gasteiger partial charge in [0.05, 0.1) is 12.1 Å². The van der Waals surface area contributed by atoms with Crippen LogP contribution in [0, 0.1) is 0 Å². The van der Waals surface area contributed by atoms with Crippen molar-refractivity contribution in [1.82, 2.24) is 25.3 Å². The molecule has 0 aliphatic carbocycles. The molecule has 0 radical (unpaired) electrons. The number of halogens is 1. The second kappa shape index (κ2) is 10.9. The van der Waals surface area contributed by atoms with E-state index >= 15 is 0 Å². The Balaban J connectivity index is 0.00000256. The van der Waals surface area contributed by atoms with Crippen molar-refractivity contribution in [2.24, 2.45) is 0 Å². The number of nitrogens with zero attached hydrogens (tertiary/aromatic N) is 3. The molecule has 7 heteroatoms. The first-order chi connectivity index (χ1) is 14.3. The van der Waals surface area contributed by atoms with Gasteiger partial charge in [-0.25, -0.2) is 0 Å². The summed E-state index contributed by atoms with van der Waals surface area (Å²) in [6.45, 7) is 6.22. The Morgan fingerprint density at radius 2 is 1.67 bits per heavy atom. The summed E-state index contributed by atoms with van der Waals surface area (Å²) in [6, 6.07) is 20.1. The Morgan fingerprint density at radius 1 is 1.00 bits per heavy atom. The Hall–Kier alpha value is -2.67. The molecule has 0 atom stereocenters. The maximum atomic E-state index is 13.0. The maximum Gasteiger partial charge on any atom is 0.255 e. The molecule has 1 aromatic heterocycles. The van der Waals surface area contributed by atoms with Crippen molar-refractivity contribution in [3.8, 4) is 11.3 Å². The number of carbonyl (C=O) groups is 1. The Bertz CT molecular complexity index is 923. The van der Waals surface area contributed by atoms with Gasteiger partial charge < -0.3 is 10.6 Å². The lowest BCUT2D eigenvalue weighted by atomic mass is 10.1. The SMILES string of the molecule is Cl.O=C(NCCN1CCNCC1)c1cn(Cc2ccccc2)nc1-c1ccccc1. The topological polar surface area (TPSA) is 62.2 Å². The molecule has 30 heavy (non-hydrogen) atoms. The van der Waals surface area contributed by atoms with E-state index in [2.05, 4.69) is 27.7 Å². The van der Waals surface area contributed by atoms with Gasteiger partial charge in [-0.05, 0) is 5.56 Å². The van der Waals surface area contributed by atoms with Crippen LogP contribution in [0.15, 0.2) is 66.9 Å². The van der Waals surface area contributed by atoms with E-state index in [-0.39, 0.29) is 18.3 Å². The molecular weight excluding hydrogens is 398 g/mol. The Labute approximate surface area is 183 Å². The molecule has 0 bridgehead atoms. The van der Waals surface area contributed by atoms with Crippen LogP contribution in [0.1, 0.15) is 15.9 Å². The zero-order chi connectivity index (χ0) is 19.9. The van der Waals surface area contributed by atoms with Crippen LogP contribution in [-0.4, -0.2) is 59.9 Å². The monoisotopic (exact) mass is 425 g/mol. The molecular formula is C23H28ClN5O. The van der Waals surface area contributed by atoms with Gasteiger partial charge in [-0.15, -0.1) is 12.4 Å². The largest absolute Gasteiger partial charge is 0.351 e. The highest BCUT2D eigenvalue weighted by Gasteiger charge is 2.18. The zero-order valence-electron chi connectivity index (χ0n) is 17.0. The molecule has 6 nitrogen and oxygen atoms in total. The number of benzene rings is 2. The fourth-order valence-electron chi connectivity index (χ4n) is 3.61. The minimum atomic E-state index is -0.0710. The van der Waals surface area contributed by atoms with Crippen molar-refractivity contribution >= 4 is 18.3 Å². The molecule has 1 saturated heterocycles. The van der Waals surface area contributed by atoms with Crippen molar-refractivity contribution in [3.63, 3.8) is 0 Å². The van der Waals surface area contributed by atoms with Crippen molar-refractivity contribution in [2.75, 3.05) is 39.3 Å². The number of rotatable bonds is 7. The molecule has 4 rings (SSSR count). The van der Waals surface area contributed by atoms with E-state index in [1.54, 1.807) is 0 Å². The highest BCUT2D eigenvalue weighted by atomic mass is 35.5. The fourth-order valence-corrected chi connectivity index (χ4v) is 3.61. The highest BCUT2D eigenvalue weighted by molar-refractivity contribution is 5.99. The second-order valence-electron chi connectivity index (χ2n) is 7.29. The molecule has 2 N–H and O–H groups in total. The quantitative estimate of drug-likeness (QED) is 0.611. The van der Waals surface area contributed by atoms with Crippen LogP contribution in [-0.2, 0) is 6.54 Å². The van der Waals surface area contributed by atoms with Crippen molar-refractivity contribution in [3.05, 3.63) is 78.0 Å². The van der Waals surface area contributed by atoms with Gasteiger partial charge in [0.15, 0.2) is 0 Å². The van der Waals surface area contributed by atoms with Crippen LogP contribution in [0.5, 0.6) is 0 Å². The average molecular weight is 426 g/mol. The van der Waals surface area contributed by atoms with Crippen LogP contribution in [0.4, 0.5) is 0 Å². The third kappa shape index (κ3) is 5.69. The molecule has 3 aromatic rings. The fraction of sp³-hybridized carbons (Fsp3) is 0.304. The van der Waals surface area contributed by atoms with E-state index in [0.717, 1.165) is 49.5 Å². The molecule has 1 aliphatic rings. The van der Waals surface area contributed by atoms with E-state index in [0.29, 0.717) is 18.7 Å². The van der Waals surface area contributed by atoms with Gasteiger partial charge in [0.2, 0.25) is 0 Å². The van der Waals surface area contributed by atoms with Gasteiger partial charge >= 0.3 is 0 Å². The first-order valence-electron chi connectivity index (χ1n) is 10.2. The molecule has 2 aromatic carbocycles. The summed E-state index contributed by atoms with van der Waals surface area (Å²) in [6.07, 6.45) is 1.86. The second-order valence-corrected chi connectivity index (χ2v) is 7.29. The van der Waals surface area contributed by atoms with Crippen LogP contribution in [0.2, 0.25) is 0 Å². The lowest BCUT2D eigenvalue weighted by Gasteiger charge is -2.27. The minimum Gasteiger partial charge on any atom is -0.351 e. The summed E-state index contributed by atoms with van der Waals surface area (Å²) in [7, 11) is 0. The molecule has 0 spiro atoms. The van der Waals surface area contributed by atoms with Crippen molar-refractivity contribution in [2.45, 2.75) is 6.54 Å². The molecule has 158 valence electrons. The van der Waals surface area contributed by atoms with E-state index in [1.165, 1.54) is 0 Å². The summed E-state index contributed by atoms with van der Waals surface area (Å²) in [5, 5.41) is 11.2. The summed E-state index contributed by atoms with van der Waals surface area (Å²) in [5.74, 6) is -0.0710. The number of aromatic nitrogens is 2. The normalized spacial score (nSPS) is 14.1. The first kappa shape index (κ1) is 22.0. The van der Waals surface area contributed by atoms with Crippen molar-refractivity contribution in [1.29, 1.82) is 0 Å². The number of carbonyl (C=O) groups excluding carboxylic acids is 1. The standard InChI is InChI=1S/C23H27N5O.ClH/c29-23(25-13-16-27-14-11-24-12-15-27)21-18-28(17-19-7-3-1-4-8-19)26-22(21)20-9-5-2-6-10-20;/h1-10,18,24H,11-17H2,(H,25,29);1H. The third-order valence-corrected chi connectivity index (χ3v) is 5.16. The van der Waals surface area contributed by atoms with Gasteiger partial charge in [0.25, 0.3) is 5.91 Å². The van der Waals surface area contributed by atoms with Gasteiger partial charge in [-0.3, -0.25) is 14.4 Å². The van der Waals surface area contributed by atoms with Crippen LogP contribution in [0.25, 0.3) is 11.3 Å². The van der Waals surface area contributed by atoms with E-state index < -0.39 is 0 Å². The molecule has 1 fully saturated rings. The predicted octanol–water partition coefficient (Wildman–Crippen LogP) is 2.66. The van der Waals surface area contributed by atoms with E-state index in [4.69, 9.17) is 5.10 Å². The van der Waals surface area contributed by atoms with Gasteiger partial charge in [0.1, 0.15) is 5.69 Å². The Kier molecular flexibility index (Phi) is 8.02. The van der Waals surface area contributed by atoms with Gasteiger partial charge in [0, 0.05) is 51.0 Å². The van der Waals surface area contributed by atoms with Crippen molar-refractivity contribution < 1.29 is 4.79 Å². The summed E-state index contributed by atoms with van der Waals surface area (Å²) in [5.41, 5.74) is 3.44. The number of amides is 1. The van der Waals surface area contributed by atoms with E-state index in [9.17, 15) is 4.79 Å². The van der Waals surface area contributed by atoms with E-state index in [1.807, 2.05) is 59.4 Å². The van der Waals surface area contributed by atoms with Gasteiger partial charge in [-0.1, -0.05) is 60.7 Å². The lowest BCUT2D eigenvalue weighted by Crippen LogP contribution is -2.46. The lowest BCUT2D eigenvalue weighted by molar-refractivity contribution is 0.0948. The van der Waals surface area contributed by atoms with Crippen LogP contribution >= 0.6 is 12.4 Å². The molecule has 2 heterocycles. The Morgan fingerprint density at radius 3 is 2.37 bits per heavy atom. The maximum absolute atomic E-state index is 13.0. The summed E-state index contributed by atoms with van der Waals surface area (Å²) in [4.78, 5) is 15.3. The number of hydrogen-bond donors (Lipinski definition) is 2. The highest BCUT2D eigenvalue weighted by Crippen LogP contribution is 2.22. The molecule has 1 aliphatic heterocycles.